The molecule has 0 aliphatic carbocycles. The summed E-state index contributed by atoms with van der Waals surface area (Å²) in [6, 6.07) is 6.80. The maximum Gasteiger partial charge on any atom is 0.337 e. The van der Waals surface area contributed by atoms with E-state index >= 15 is 0 Å². The van der Waals surface area contributed by atoms with Gasteiger partial charge in [0.15, 0.2) is 5.78 Å². The van der Waals surface area contributed by atoms with Gasteiger partial charge in [-0.25, -0.2) is 28.1 Å². The molecule has 130 valence electrons. The van der Waals surface area contributed by atoms with Gasteiger partial charge in [-0.2, -0.15) is 0 Å². The van der Waals surface area contributed by atoms with Gasteiger partial charge in [0.05, 0.1) is 19.6 Å². The molecule has 0 radical (unpaired) electrons. The fraction of sp³-hybridized carbons (Fsp3) is 0.222. The van der Waals surface area contributed by atoms with Crippen molar-refractivity contribution in [1.29, 1.82) is 0 Å². The molecule has 2 rings (SSSR count). The standard InChI is InChI=1S/C18H19N3O4/c1-4-10-19-16(23)20(11-5-2)18(25)21(17(19)24)12-15(22)14-8-6-13(3)7-9-14/h4-9H,1-2,10-12H2,3H3. The third-order valence-corrected chi connectivity index (χ3v) is 3.68. The van der Waals surface area contributed by atoms with Crippen LogP contribution in [-0.2, 0) is 19.6 Å². The molecule has 0 amide bonds. The van der Waals surface area contributed by atoms with Crippen LogP contribution in [0.25, 0.3) is 0 Å². The maximum absolute atomic E-state index is 12.5. The minimum absolute atomic E-state index is 0.0617. The van der Waals surface area contributed by atoms with Crippen molar-refractivity contribution in [3.05, 3.63) is 92.2 Å². The van der Waals surface area contributed by atoms with Crippen LogP contribution in [0.15, 0.2) is 64.0 Å². The van der Waals surface area contributed by atoms with Crippen LogP contribution < -0.4 is 17.1 Å². The number of allylic oxidation sites excluding steroid dienone is 2. The van der Waals surface area contributed by atoms with Crippen molar-refractivity contribution in [3.63, 3.8) is 0 Å². The average Bonchev–Trinajstić information content (AvgIpc) is 2.60. The van der Waals surface area contributed by atoms with Crippen LogP contribution in [0, 0.1) is 6.92 Å². The van der Waals surface area contributed by atoms with Crippen LogP contribution in [0.2, 0.25) is 0 Å². The van der Waals surface area contributed by atoms with Crippen LogP contribution in [-0.4, -0.2) is 19.5 Å². The van der Waals surface area contributed by atoms with Crippen molar-refractivity contribution in [1.82, 2.24) is 13.7 Å². The largest absolute Gasteiger partial charge is 0.337 e. The van der Waals surface area contributed by atoms with E-state index in [1.165, 1.54) is 12.2 Å². The molecule has 7 nitrogen and oxygen atoms in total. The Hall–Kier alpha value is -3.22. The molecule has 1 aromatic carbocycles. The first-order valence-corrected chi connectivity index (χ1v) is 7.66. The predicted octanol–water partition coefficient (Wildman–Crippen LogP) is 0.735. The van der Waals surface area contributed by atoms with Crippen LogP contribution in [0.1, 0.15) is 15.9 Å². The summed E-state index contributed by atoms with van der Waals surface area (Å²) in [5.74, 6) is -0.395. The lowest BCUT2D eigenvalue weighted by Gasteiger charge is -2.11. The summed E-state index contributed by atoms with van der Waals surface area (Å²) in [5.41, 5.74) is -1.06. The molecule has 1 aromatic heterocycles. The zero-order valence-corrected chi connectivity index (χ0v) is 14.0. The lowest BCUT2D eigenvalue weighted by Crippen LogP contribution is -2.55. The molecule has 1 heterocycles. The summed E-state index contributed by atoms with van der Waals surface area (Å²) in [5, 5.41) is 0. The molecule has 0 saturated carbocycles. The quantitative estimate of drug-likeness (QED) is 0.549. The normalized spacial score (nSPS) is 10.4. The van der Waals surface area contributed by atoms with Crippen molar-refractivity contribution >= 4 is 5.78 Å². The highest BCUT2D eigenvalue weighted by atomic mass is 16.2. The Bertz CT molecular complexity index is 943. The maximum atomic E-state index is 12.5. The second kappa shape index (κ2) is 7.57. The Kier molecular flexibility index (Phi) is 5.49. The minimum Gasteiger partial charge on any atom is -0.292 e. The van der Waals surface area contributed by atoms with Crippen LogP contribution in [0.4, 0.5) is 0 Å². The Morgan fingerprint density at radius 1 is 0.880 bits per heavy atom. The summed E-state index contributed by atoms with van der Waals surface area (Å²) in [7, 11) is 0. The van der Waals surface area contributed by atoms with Gasteiger partial charge in [0.1, 0.15) is 0 Å². The van der Waals surface area contributed by atoms with Gasteiger partial charge in [0.2, 0.25) is 0 Å². The van der Waals surface area contributed by atoms with Crippen molar-refractivity contribution in [3.8, 4) is 0 Å². The van der Waals surface area contributed by atoms with E-state index in [1.807, 2.05) is 6.92 Å². The molecule has 0 aliphatic rings. The molecular formula is C18H19N3O4. The van der Waals surface area contributed by atoms with Gasteiger partial charge in [-0.3, -0.25) is 4.79 Å². The first-order valence-electron chi connectivity index (χ1n) is 7.66. The zero-order chi connectivity index (χ0) is 18.6. The van der Waals surface area contributed by atoms with Gasteiger partial charge in [-0.15, -0.1) is 13.2 Å². The average molecular weight is 341 g/mol. The van der Waals surface area contributed by atoms with E-state index in [-0.39, 0.29) is 13.1 Å². The Morgan fingerprint density at radius 3 is 1.76 bits per heavy atom. The highest BCUT2D eigenvalue weighted by molar-refractivity contribution is 5.95. The summed E-state index contributed by atoms with van der Waals surface area (Å²) in [6.45, 7) is 8.31. The van der Waals surface area contributed by atoms with Crippen molar-refractivity contribution in [2.45, 2.75) is 26.6 Å². The van der Waals surface area contributed by atoms with Crippen molar-refractivity contribution in [2.75, 3.05) is 0 Å². The molecule has 2 aromatic rings. The number of hydrogen-bond donors (Lipinski definition) is 0. The molecule has 0 fully saturated rings. The third-order valence-electron chi connectivity index (χ3n) is 3.68. The van der Waals surface area contributed by atoms with Gasteiger partial charge >= 0.3 is 17.1 Å². The number of benzene rings is 1. The third kappa shape index (κ3) is 3.65. The number of hydrogen-bond acceptors (Lipinski definition) is 4. The molecule has 0 spiro atoms. The Morgan fingerprint density at radius 2 is 1.32 bits per heavy atom. The molecule has 25 heavy (non-hydrogen) atoms. The van der Waals surface area contributed by atoms with Gasteiger partial charge in [-0.05, 0) is 6.92 Å². The number of aromatic nitrogens is 3. The molecule has 7 heteroatoms. The molecule has 0 N–H and O–H groups in total. The van der Waals surface area contributed by atoms with Crippen LogP contribution in [0.5, 0.6) is 0 Å². The molecule has 0 saturated heterocycles. The lowest BCUT2D eigenvalue weighted by molar-refractivity contribution is 0.0966. The van der Waals surface area contributed by atoms with Gasteiger partial charge in [0, 0.05) is 5.56 Å². The second-order valence-corrected chi connectivity index (χ2v) is 5.52. The summed E-state index contributed by atoms with van der Waals surface area (Å²) in [4.78, 5) is 49.6. The minimum atomic E-state index is -0.837. The Labute approximate surface area is 143 Å². The number of carbonyl (C=O) groups excluding carboxylic acids is 1. The van der Waals surface area contributed by atoms with Crippen molar-refractivity contribution < 1.29 is 4.79 Å². The van der Waals surface area contributed by atoms with Crippen molar-refractivity contribution in [2.24, 2.45) is 0 Å². The van der Waals surface area contributed by atoms with Gasteiger partial charge in [-0.1, -0.05) is 42.0 Å². The topological polar surface area (TPSA) is 83.1 Å². The van der Waals surface area contributed by atoms with E-state index in [1.54, 1.807) is 24.3 Å². The number of Topliss-reactive ketones (excluding diaryl/α,β-unsaturated/α-hetero) is 1. The number of aryl methyl sites for hydroxylation is 1. The first-order chi connectivity index (χ1) is 11.9. The fourth-order valence-corrected chi connectivity index (χ4v) is 2.36. The molecular weight excluding hydrogens is 322 g/mol. The van der Waals surface area contributed by atoms with Crippen LogP contribution in [0.3, 0.4) is 0 Å². The summed E-state index contributed by atoms with van der Waals surface area (Å²) < 4.78 is 2.48. The van der Waals surface area contributed by atoms with E-state index < -0.39 is 29.4 Å². The van der Waals surface area contributed by atoms with Gasteiger partial charge in [0.25, 0.3) is 0 Å². The zero-order valence-electron chi connectivity index (χ0n) is 14.0. The molecule has 0 aliphatic heterocycles. The highest BCUT2D eigenvalue weighted by Gasteiger charge is 2.17. The molecule has 0 unspecified atom stereocenters. The number of nitrogens with zero attached hydrogens (tertiary/aromatic N) is 3. The molecule has 0 bridgehead atoms. The number of carbonyl (C=O) groups is 1. The molecule has 0 atom stereocenters. The van der Waals surface area contributed by atoms with E-state index in [0.717, 1.165) is 19.3 Å². The number of rotatable bonds is 7. The highest BCUT2D eigenvalue weighted by Crippen LogP contribution is 2.04. The monoisotopic (exact) mass is 341 g/mol. The predicted molar refractivity (Wildman–Crippen MR) is 95.1 cm³/mol. The summed E-state index contributed by atoms with van der Waals surface area (Å²) >= 11 is 0. The van der Waals surface area contributed by atoms with E-state index in [2.05, 4.69) is 13.2 Å². The first kappa shape index (κ1) is 18.1. The smallest absolute Gasteiger partial charge is 0.292 e. The van der Waals surface area contributed by atoms with Gasteiger partial charge < -0.3 is 0 Å². The van der Waals surface area contributed by atoms with E-state index in [4.69, 9.17) is 0 Å². The Balaban J connectivity index is 2.58. The van der Waals surface area contributed by atoms with Crippen LogP contribution >= 0.6 is 0 Å². The SMILES string of the molecule is C=CCn1c(=O)n(CC=C)c(=O)n(CC(=O)c2ccc(C)cc2)c1=O. The second-order valence-electron chi connectivity index (χ2n) is 5.52. The fourth-order valence-electron chi connectivity index (χ4n) is 2.36. The lowest BCUT2D eigenvalue weighted by atomic mass is 10.1. The van der Waals surface area contributed by atoms with E-state index in [0.29, 0.717) is 5.56 Å². The summed E-state index contributed by atoms with van der Waals surface area (Å²) in [6.07, 6.45) is 2.75. The number of ketones is 1. The van der Waals surface area contributed by atoms with E-state index in [9.17, 15) is 19.2 Å².